The molecule has 0 unspecified atom stereocenters. The third kappa shape index (κ3) is 6.91. The zero-order valence-electron chi connectivity index (χ0n) is 16.4. The van der Waals surface area contributed by atoms with Crippen LogP contribution in [0.2, 0.25) is 5.02 Å². The van der Waals surface area contributed by atoms with Gasteiger partial charge in [-0.25, -0.2) is 0 Å². The molecule has 0 atom stereocenters. The second-order valence-electron chi connectivity index (χ2n) is 6.78. The first-order chi connectivity index (χ1) is 14.1. The van der Waals surface area contributed by atoms with E-state index in [-0.39, 0.29) is 12.5 Å². The highest BCUT2D eigenvalue weighted by Crippen LogP contribution is 2.17. The minimum atomic E-state index is -0.139. The van der Waals surface area contributed by atoms with Gasteiger partial charge in [0.05, 0.1) is 0 Å². The van der Waals surface area contributed by atoms with Crippen molar-refractivity contribution in [3.63, 3.8) is 0 Å². The van der Waals surface area contributed by atoms with Crippen molar-refractivity contribution in [2.45, 2.75) is 32.6 Å². The molecule has 29 heavy (non-hydrogen) atoms. The van der Waals surface area contributed by atoms with Crippen LogP contribution in [0, 0.1) is 6.92 Å². The van der Waals surface area contributed by atoms with Crippen molar-refractivity contribution in [3.8, 4) is 17.1 Å². The summed E-state index contributed by atoms with van der Waals surface area (Å²) < 4.78 is 10.7. The summed E-state index contributed by atoms with van der Waals surface area (Å²) in [5.41, 5.74) is 2.15. The Morgan fingerprint density at radius 3 is 2.59 bits per heavy atom. The number of rotatable bonds is 10. The van der Waals surface area contributed by atoms with Crippen LogP contribution < -0.4 is 10.1 Å². The third-order valence-corrected chi connectivity index (χ3v) is 4.60. The lowest BCUT2D eigenvalue weighted by atomic mass is 10.1. The maximum atomic E-state index is 11.8. The average Bonchev–Trinajstić information content (AvgIpc) is 3.19. The van der Waals surface area contributed by atoms with Gasteiger partial charge in [0.15, 0.2) is 6.61 Å². The summed E-state index contributed by atoms with van der Waals surface area (Å²) in [5.74, 6) is 1.74. The van der Waals surface area contributed by atoms with E-state index < -0.39 is 0 Å². The van der Waals surface area contributed by atoms with Crippen LogP contribution in [0.1, 0.15) is 30.7 Å². The number of aromatic nitrogens is 2. The highest BCUT2D eigenvalue weighted by Gasteiger charge is 2.08. The zero-order chi connectivity index (χ0) is 20.5. The minimum Gasteiger partial charge on any atom is -0.484 e. The Labute approximate surface area is 175 Å². The number of ether oxygens (including phenoxy) is 1. The van der Waals surface area contributed by atoms with Crippen LogP contribution in [0.25, 0.3) is 11.4 Å². The molecule has 0 saturated heterocycles. The molecule has 0 aliphatic heterocycles. The number of carbonyl (C=O) groups excluding carboxylic acids is 1. The molecule has 3 aromatic rings. The lowest BCUT2D eigenvalue weighted by Crippen LogP contribution is -2.29. The fraction of sp³-hybridized carbons (Fsp3) is 0.318. The Morgan fingerprint density at radius 2 is 1.83 bits per heavy atom. The molecule has 152 valence electrons. The monoisotopic (exact) mass is 413 g/mol. The van der Waals surface area contributed by atoms with Gasteiger partial charge in [-0.3, -0.25) is 4.79 Å². The summed E-state index contributed by atoms with van der Waals surface area (Å²) in [7, 11) is 0. The van der Waals surface area contributed by atoms with Crippen molar-refractivity contribution >= 4 is 17.5 Å². The van der Waals surface area contributed by atoms with E-state index in [0.717, 1.165) is 31.2 Å². The first kappa shape index (κ1) is 20.9. The molecular formula is C22H24ClN3O3. The quantitative estimate of drug-likeness (QED) is 0.491. The maximum absolute atomic E-state index is 11.8. The van der Waals surface area contributed by atoms with Gasteiger partial charge in [0.2, 0.25) is 11.7 Å². The Kier molecular flexibility index (Phi) is 7.64. The number of carbonyl (C=O) groups is 1. The van der Waals surface area contributed by atoms with Crippen molar-refractivity contribution in [1.82, 2.24) is 15.5 Å². The lowest BCUT2D eigenvalue weighted by molar-refractivity contribution is -0.123. The molecule has 7 heteroatoms. The van der Waals surface area contributed by atoms with Crippen molar-refractivity contribution < 1.29 is 14.1 Å². The largest absolute Gasteiger partial charge is 0.484 e. The Bertz CT molecular complexity index is 908. The Hall–Kier alpha value is -2.86. The highest BCUT2D eigenvalue weighted by molar-refractivity contribution is 6.30. The molecule has 0 aliphatic carbocycles. The number of hydrogen-bond acceptors (Lipinski definition) is 5. The predicted octanol–water partition coefficient (Wildman–Crippen LogP) is 4.61. The van der Waals surface area contributed by atoms with Crippen LogP contribution in [0.4, 0.5) is 0 Å². The van der Waals surface area contributed by atoms with E-state index in [1.165, 1.54) is 5.56 Å². The molecule has 0 aliphatic rings. The summed E-state index contributed by atoms with van der Waals surface area (Å²) in [6.45, 7) is 2.65. The van der Waals surface area contributed by atoms with Crippen LogP contribution >= 0.6 is 11.6 Å². The maximum Gasteiger partial charge on any atom is 0.257 e. The summed E-state index contributed by atoms with van der Waals surface area (Å²) in [5, 5.41) is 7.53. The van der Waals surface area contributed by atoms with Gasteiger partial charge >= 0.3 is 0 Å². The molecule has 1 amide bonds. The van der Waals surface area contributed by atoms with E-state index >= 15 is 0 Å². The summed E-state index contributed by atoms with van der Waals surface area (Å²) in [4.78, 5) is 16.2. The molecule has 1 heterocycles. The number of nitrogens with one attached hydrogen (secondary N) is 1. The van der Waals surface area contributed by atoms with Crippen LogP contribution in [0.15, 0.2) is 53.1 Å². The summed E-state index contributed by atoms with van der Waals surface area (Å²) >= 11 is 5.81. The number of unbranched alkanes of at least 4 members (excludes halogenated alkanes) is 2. The second-order valence-corrected chi connectivity index (χ2v) is 7.22. The number of benzene rings is 2. The third-order valence-electron chi connectivity index (χ3n) is 4.35. The molecule has 0 radical (unpaired) electrons. The van der Waals surface area contributed by atoms with E-state index in [4.69, 9.17) is 20.9 Å². The van der Waals surface area contributed by atoms with E-state index in [1.54, 1.807) is 24.3 Å². The smallest absolute Gasteiger partial charge is 0.257 e. The lowest BCUT2D eigenvalue weighted by Gasteiger charge is -2.07. The van der Waals surface area contributed by atoms with Gasteiger partial charge in [-0.05, 0) is 44.0 Å². The number of nitrogens with zero attached hydrogens (tertiary/aromatic N) is 2. The van der Waals surface area contributed by atoms with Crippen molar-refractivity contribution in [2.24, 2.45) is 0 Å². The Balaban J connectivity index is 1.28. The van der Waals surface area contributed by atoms with Gasteiger partial charge in [-0.15, -0.1) is 0 Å². The molecular weight excluding hydrogens is 390 g/mol. The van der Waals surface area contributed by atoms with E-state index in [9.17, 15) is 4.79 Å². The summed E-state index contributed by atoms with van der Waals surface area (Å²) in [6.07, 6.45) is 3.49. The van der Waals surface area contributed by atoms with Gasteiger partial charge in [0.1, 0.15) is 5.75 Å². The molecule has 6 nitrogen and oxygen atoms in total. The fourth-order valence-corrected chi connectivity index (χ4v) is 2.84. The number of halogens is 1. The van der Waals surface area contributed by atoms with E-state index in [2.05, 4.69) is 15.5 Å². The molecule has 1 N–H and O–H groups in total. The van der Waals surface area contributed by atoms with Gasteiger partial charge in [-0.2, -0.15) is 4.98 Å². The van der Waals surface area contributed by atoms with E-state index in [0.29, 0.717) is 29.0 Å². The highest BCUT2D eigenvalue weighted by atomic mass is 35.5. The topological polar surface area (TPSA) is 77.2 Å². The molecule has 0 spiro atoms. The van der Waals surface area contributed by atoms with Crippen LogP contribution in [-0.4, -0.2) is 29.2 Å². The van der Waals surface area contributed by atoms with Crippen molar-refractivity contribution in [1.29, 1.82) is 0 Å². The first-order valence-electron chi connectivity index (χ1n) is 9.65. The van der Waals surface area contributed by atoms with E-state index in [1.807, 2.05) is 31.2 Å². The standard InChI is InChI=1S/C22H24ClN3O3/c1-16-6-8-17(9-7-16)22-25-21(29-26-22)5-3-2-4-14-24-20(27)15-28-19-12-10-18(23)11-13-19/h6-13H,2-5,14-15H2,1H3,(H,24,27). The minimum absolute atomic E-state index is 0.00853. The van der Waals surface area contributed by atoms with Gasteiger partial charge in [0.25, 0.3) is 5.91 Å². The van der Waals surface area contributed by atoms with Crippen LogP contribution in [0.5, 0.6) is 5.75 Å². The first-order valence-corrected chi connectivity index (χ1v) is 10.0. The van der Waals surface area contributed by atoms with Crippen molar-refractivity contribution in [3.05, 3.63) is 65.0 Å². The van der Waals surface area contributed by atoms with Gasteiger partial charge in [0, 0.05) is 23.6 Å². The molecule has 1 aromatic heterocycles. The number of aryl methyl sites for hydroxylation is 2. The molecule has 3 rings (SSSR count). The van der Waals surface area contributed by atoms with Crippen LogP contribution in [-0.2, 0) is 11.2 Å². The molecule has 0 saturated carbocycles. The van der Waals surface area contributed by atoms with Crippen LogP contribution in [0.3, 0.4) is 0 Å². The number of amides is 1. The molecule has 2 aromatic carbocycles. The molecule has 0 bridgehead atoms. The fourth-order valence-electron chi connectivity index (χ4n) is 2.71. The van der Waals surface area contributed by atoms with Gasteiger partial charge < -0.3 is 14.6 Å². The van der Waals surface area contributed by atoms with Gasteiger partial charge in [-0.1, -0.05) is 53.0 Å². The Morgan fingerprint density at radius 1 is 1.07 bits per heavy atom. The predicted molar refractivity (Wildman–Crippen MR) is 112 cm³/mol. The van der Waals surface area contributed by atoms with Crippen molar-refractivity contribution in [2.75, 3.05) is 13.2 Å². The second kappa shape index (κ2) is 10.6. The normalized spacial score (nSPS) is 10.7. The number of hydrogen-bond donors (Lipinski definition) is 1. The SMILES string of the molecule is Cc1ccc(-c2noc(CCCCCNC(=O)COc3ccc(Cl)cc3)n2)cc1. The molecule has 0 fully saturated rings. The summed E-state index contributed by atoms with van der Waals surface area (Å²) in [6, 6.07) is 14.9. The average molecular weight is 414 g/mol. The zero-order valence-corrected chi connectivity index (χ0v) is 17.1.